The van der Waals surface area contributed by atoms with Crippen LogP contribution in [0.25, 0.3) is 0 Å². The molecule has 1 aromatic rings. The lowest BCUT2D eigenvalue weighted by Gasteiger charge is -2.31. The van der Waals surface area contributed by atoms with Crippen LogP contribution in [0.2, 0.25) is 0 Å². The van der Waals surface area contributed by atoms with E-state index in [-0.39, 0.29) is 11.8 Å². The van der Waals surface area contributed by atoms with Crippen molar-refractivity contribution >= 4 is 18.0 Å². The summed E-state index contributed by atoms with van der Waals surface area (Å²) in [5.41, 5.74) is 2.82. The van der Waals surface area contributed by atoms with Crippen LogP contribution < -0.4 is 5.48 Å². The van der Waals surface area contributed by atoms with Crippen molar-refractivity contribution in [3.8, 4) is 0 Å². The standard InChI is InChI=1S/C18H26N2O3.CH2O3/c1-20(18(22)15-10-6-3-7-11-15)16(17(21)19-23)13-12-14-8-4-2-5-9-14;2-1(3)4/h2,4-5,8-9,15-16,23H,3,6-7,10-13H2,1H3,(H,19,21);(H2,2,3,4). The van der Waals surface area contributed by atoms with E-state index in [4.69, 9.17) is 20.2 Å². The lowest BCUT2D eigenvalue weighted by atomic mass is 9.88. The first kappa shape index (κ1) is 22.4. The lowest BCUT2D eigenvalue weighted by Crippen LogP contribution is -2.49. The number of amides is 2. The molecule has 0 aromatic heterocycles. The first-order chi connectivity index (χ1) is 12.9. The molecule has 1 unspecified atom stereocenters. The van der Waals surface area contributed by atoms with Crippen LogP contribution in [0.4, 0.5) is 4.79 Å². The van der Waals surface area contributed by atoms with E-state index in [2.05, 4.69) is 0 Å². The van der Waals surface area contributed by atoms with Crippen LogP contribution in [0, 0.1) is 5.92 Å². The predicted molar refractivity (Wildman–Crippen MR) is 98.5 cm³/mol. The van der Waals surface area contributed by atoms with Crippen molar-refractivity contribution in [2.24, 2.45) is 5.92 Å². The summed E-state index contributed by atoms with van der Waals surface area (Å²) >= 11 is 0. The molecule has 150 valence electrons. The molecule has 0 radical (unpaired) electrons. The van der Waals surface area contributed by atoms with E-state index in [1.165, 1.54) is 11.3 Å². The number of likely N-dealkylation sites (N-methyl/N-ethyl adjacent to an activating group) is 1. The fourth-order valence-corrected chi connectivity index (χ4v) is 3.31. The van der Waals surface area contributed by atoms with E-state index in [0.29, 0.717) is 12.8 Å². The third kappa shape index (κ3) is 8.08. The normalized spacial score (nSPS) is 15.0. The van der Waals surface area contributed by atoms with E-state index in [0.717, 1.165) is 31.2 Å². The van der Waals surface area contributed by atoms with Crippen LogP contribution in [0.3, 0.4) is 0 Å². The second-order valence-electron chi connectivity index (χ2n) is 6.58. The Bertz CT molecular complexity index is 597. The minimum atomic E-state index is -1.83. The van der Waals surface area contributed by atoms with E-state index < -0.39 is 18.1 Å². The summed E-state index contributed by atoms with van der Waals surface area (Å²) in [4.78, 5) is 34.7. The monoisotopic (exact) mass is 380 g/mol. The van der Waals surface area contributed by atoms with E-state index in [9.17, 15) is 9.59 Å². The zero-order valence-electron chi connectivity index (χ0n) is 15.5. The van der Waals surface area contributed by atoms with Gasteiger partial charge >= 0.3 is 6.16 Å². The van der Waals surface area contributed by atoms with Crippen LogP contribution in [-0.4, -0.2) is 51.4 Å². The molecule has 0 aliphatic heterocycles. The summed E-state index contributed by atoms with van der Waals surface area (Å²) in [6.07, 6.45) is 4.47. The largest absolute Gasteiger partial charge is 0.503 e. The highest BCUT2D eigenvalue weighted by Gasteiger charge is 2.31. The van der Waals surface area contributed by atoms with Crippen molar-refractivity contribution in [1.29, 1.82) is 0 Å². The average Bonchev–Trinajstić information content (AvgIpc) is 2.68. The van der Waals surface area contributed by atoms with E-state index in [1.54, 1.807) is 12.5 Å². The first-order valence-corrected chi connectivity index (χ1v) is 9.03. The molecule has 8 heteroatoms. The van der Waals surface area contributed by atoms with Crippen LogP contribution in [0.15, 0.2) is 30.3 Å². The molecule has 1 aliphatic rings. The second kappa shape index (κ2) is 11.9. The molecule has 1 aliphatic carbocycles. The van der Waals surface area contributed by atoms with Crippen molar-refractivity contribution < 1.29 is 29.8 Å². The third-order valence-corrected chi connectivity index (χ3v) is 4.73. The minimum Gasteiger partial charge on any atom is -0.450 e. The van der Waals surface area contributed by atoms with Crippen molar-refractivity contribution in [3.05, 3.63) is 35.9 Å². The molecule has 0 heterocycles. The number of hydrogen-bond donors (Lipinski definition) is 4. The highest BCUT2D eigenvalue weighted by atomic mass is 16.6. The molecular weight excluding hydrogens is 352 g/mol. The summed E-state index contributed by atoms with van der Waals surface area (Å²) < 4.78 is 0. The summed E-state index contributed by atoms with van der Waals surface area (Å²) in [5, 5.41) is 23.0. The quantitative estimate of drug-likeness (QED) is 0.444. The van der Waals surface area contributed by atoms with Gasteiger partial charge in [0.15, 0.2) is 0 Å². The molecule has 0 spiro atoms. The van der Waals surface area contributed by atoms with Crippen LogP contribution in [0.5, 0.6) is 0 Å². The number of nitrogens with zero attached hydrogens (tertiary/aromatic N) is 1. The minimum absolute atomic E-state index is 0.0134. The van der Waals surface area contributed by atoms with Gasteiger partial charge in [0, 0.05) is 13.0 Å². The van der Waals surface area contributed by atoms with E-state index in [1.807, 2.05) is 30.3 Å². The third-order valence-electron chi connectivity index (χ3n) is 4.73. The lowest BCUT2D eigenvalue weighted by molar-refractivity contribution is -0.146. The van der Waals surface area contributed by atoms with Gasteiger partial charge in [-0.3, -0.25) is 14.8 Å². The Morgan fingerprint density at radius 1 is 1.11 bits per heavy atom. The molecule has 2 rings (SSSR count). The number of carboxylic acid groups (broad SMARTS) is 2. The Balaban J connectivity index is 0.000000828. The Hall–Kier alpha value is -2.61. The van der Waals surface area contributed by atoms with Crippen molar-refractivity contribution in [1.82, 2.24) is 10.4 Å². The molecule has 0 saturated heterocycles. The van der Waals surface area contributed by atoms with Gasteiger partial charge in [-0.1, -0.05) is 49.6 Å². The van der Waals surface area contributed by atoms with Gasteiger partial charge in [-0.2, -0.15) is 0 Å². The molecule has 2 amide bonds. The number of carbonyl (C=O) groups is 3. The zero-order chi connectivity index (χ0) is 20.2. The molecule has 1 fully saturated rings. The Kier molecular flexibility index (Phi) is 9.89. The molecule has 1 atom stereocenters. The van der Waals surface area contributed by atoms with Crippen molar-refractivity contribution in [3.63, 3.8) is 0 Å². The number of aryl methyl sites for hydroxylation is 1. The molecule has 27 heavy (non-hydrogen) atoms. The summed E-state index contributed by atoms with van der Waals surface area (Å²) in [6.45, 7) is 0. The van der Waals surface area contributed by atoms with Crippen LogP contribution >= 0.6 is 0 Å². The maximum Gasteiger partial charge on any atom is 0.503 e. The van der Waals surface area contributed by atoms with Gasteiger partial charge in [-0.25, -0.2) is 10.3 Å². The Morgan fingerprint density at radius 2 is 1.67 bits per heavy atom. The van der Waals surface area contributed by atoms with Gasteiger partial charge in [0.05, 0.1) is 0 Å². The molecule has 0 bridgehead atoms. The maximum absolute atomic E-state index is 12.6. The number of hydrogen-bond acceptors (Lipinski definition) is 4. The number of hydroxylamine groups is 1. The van der Waals surface area contributed by atoms with Gasteiger partial charge in [0.2, 0.25) is 5.91 Å². The topological polar surface area (TPSA) is 127 Å². The average molecular weight is 380 g/mol. The van der Waals surface area contributed by atoms with Crippen molar-refractivity contribution in [2.45, 2.75) is 51.0 Å². The van der Waals surface area contributed by atoms with E-state index >= 15 is 0 Å². The fraction of sp³-hybridized carbons (Fsp3) is 0.526. The van der Waals surface area contributed by atoms with Crippen LogP contribution in [0.1, 0.15) is 44.1 Å². The SMILES string of the molecule is CN(C(=O)C1CCCCC1)C(CCc1ccccc1)C(=O)NO.O=C(O)O. The number of benzene rings is 1. The molecule has 1 aromatic carbocycles. The highest BCUT2D eigenvalue weighted by Crippen LogP contribution is 2.26. The molecular formula is C19H28N2O6. The van der Waals surface area contributed by atoms with Gasteiger partial charge in [-0.15, -0.1) is 0 Å². The first-order valence-electron chi connectivity index (χ1n) is 9.03. The number of nitrogens with one attached hydrogen (secondary N) is 1. The van der Waals surface area contributed by atoms with Crippen LogP contribution in [-0.2, 0) is 16.0 Å². The fourth-order valence-electron chi connectivity index (χ4n) is 3.31. The zero-order valence-corrected chi connectivity index (χ0v) is 15.5. The van der Waals surface area contributed by atoms with Crippen molar-refractivity contribution in [2.75, 3.05) is 7.05 Å². The summed E-state index contributed by atoms with van der Waals surface area (Å²) in [7, 11) is 1.67. The molecule has 8 nitrogen and oxygen atoms in total. The number of carbonyl (C=O) groups excluding carboxylic acids is 2. The second-order valence-corrected chi connectivity index (χ2v) is 6.58. The summed E-state index contributed by atoms with van der Waals surface area (Å²) in [6, 6.07) is 9.20. The van der Waals surface area contributed by atoms with Gasteiger partial charge in [-0.05, 0) is 31.2 Å². The van der Waals surface area contributed by atoms with Gasteiger partial charge in [0.1, 0.15) is 6.04 Å². The molecule has 4 N–H and O–H groups in total. The maximum atomic E-state index is 12.6. The smallest absolute Gasteiger partial charge is 0.450 e. The highest BCUT2D eigenvalue weighted by molar-refractivity contribution is 5.87. The predicted octanol–water partition coefficient (Wildman–Crippen LogP) is 2.75. The molecule has 1 saturated carbocycles. The van der Waals surface area contributed by atoms with Gasteiger partial charge in [0.25, 0.3) is 5.91 Å². The number of rotatable bonds is 6. The Morgan fingerprint density at radius 3 is 2.19 bits per heavy atom. The Labute approximate surface area is 158 Å². The summed E-state index contributed by atoms with van der Waals surface area (Å²) in [5.74, 6) is -0.488. The van der Waals surface area contributed by atoms with Gasteiger partial charge < -0.3 is 15.1 Å².